The summed E-state index contributed by atoms with van der Waals surface area (Å²) in [7, 11) is 0. The summed E-state index contributed by atoms with van der Waals surface area (Å²) in [5.74, 6) is 0. The maximum Gasteiger partial charge on any atom is 0.251 e. The van der Waals surface area contributed by atoms with Crippen LogP contribution in [0.15, 0.2) is 11.8 Å². The van der Waals surface area contributed by atoms with Crippen LogP contribution in [0.5, 0.6) is 0 Å². The minimum Gasteiger partial charge on any atom is -0.290 e. The van der Waals surface area contributed by atoms with Gasteiger partial charge >= 0.3 is 0 Å². The lowest BCUT2D eigenvalue weighted by Crippen LogP contribution is -2.02. The molecule has 0 saturated heterocycles. The maximum absolute atomic E-state index is 10.5. The minimum absolute atomic E-state index is 0.000772. The molecule has 0 radical (unpaired) electrons. The van der Waals surface area contributed by atoms with Crippen LogP contribution in [-0.2, 0) is 4.79 Å². The molecule has 0 fully saturated rings. The van der Waals surface area contributed by atoms with E-state index in [2.05, 4.69) is 4.85 Å². The third kappa shape index (κ3) is 4.58. The second kappa shape index (κ2) is 3.54. The van der Waals surface area contributed by atoms with Crippen molar-refractivity contribution in [2.75, 3.05) is 0 Å². The van der Waals surface area contributed by atoms with Crippen molar-refractivity contribution in [2.45, 2.75) is 20.8 Å². The molecule has 0 atom stereocenters. The fraction of sp³-hybridized carbons (Fsp3) is 0.500. The first kappa shape index (κ1) is 10.2. The SMILES string of the molecule is [C-]#[N+]/C(=C\C(C)(C)C)C(=O)Cl. The number of rotatable bonds is 1. The van der Waals surface area contributed by atoms with Crippen LogP contribution in [0.25, 0.3) is 4.85 Å². The Morgan fingerprint density at radius 1 is 1.55 bits per heavy atom. The smallest absolute Gasteiger partial charge is 0.251 e. The fourth-order valence-corrected chi connectivity index (χ4v) is 0.640. The van der Waals surface area contributed by atoms with Gasteiger partial charge in [-0.1, -0.05) is 38.4 Å². The third-order valence-electron chi connectivity index (χ3n) is 0.892. The average Bonchev–Trinajstić information content (AvgIpc) is 1.80. The normalized spacial score (nSPS) is 12.5. The largest absolute Gasteiger partial charge is 0.290 e. The van der Waals surface area contributed by atoms with Crippen molar-refractivity contribution in [1.82, 2.24) is 0 Å². The van der Waals surface area contributed by atoms with Crippen molar-refractivity contribution < 1.29 is 4.79 Å². The van der Waals surface area contributed by atoms with Crippen molar-refractivity contribution in [1.29, 1.82) is 0 Å². The fourth-order valence-electron chi connectivity index (χ4n) is 0.543. The van der Waals surface area contributed by atoms with E-state index in [1.54, 1.807) is 6.08 Å². The van der Waals surface area contributed by atoms with Crippen LogP contribution in [-0.4, -0.2) is 5.24 Å². The monoisotopic (exact) mass is 171 g/mol. The Hall–Kier alpha value is -0.810. The van der Waals surface area contributed by atoms with E-state index in [4.69, 9.17) is 18.2 Å². The summed E-state index contributed by atoms with van der Waals surface area (Å²) in [5.41, 5.74) is -0.177. The zero-order valence-corrected chi connectivity index (χ0v) is 7.57. The van der Waals surface area contributed by atoms with Gasteiger partial charge in [-0.25, -0.2) is 4.85 Å². The molecule has 60 valence electrons. The zero-order valence-electron chi connectivity index (χ0n) is 6.81. The molecule has 0 aliphatic carbocycles. The Kier molecular flexibility index (Phi) is 3.28. The van der Waals surface area contributed by atoms with Gasteiger partial charge in [-0.3, -0.25) is 4.79 Å². The number of carbonyl (C=O) groups is 1. The predicted octanol–water partition coefficient (Wildman–Crippen LogP) is 2.60. The van der Waals surface area contributed by atoms with Crippen molar-refractivity contribution in [3.8, 4) is 0 Å². The van der Waals surface area contributed by atoms with Crippen LogP contribution in [0.2, 0.25) is 0 Å². The number of hydrogen-bond donors (Lipinski definition) is 0. The molecule has 0 heterocycles. The quantitative estimate of drug-likeness (QED) is 0.338. The average molecular weight is 172 g/mol. The topological polar surface area (TPSA) is 21.4 Å². The van der Waals surface area contributed by atoms with E-state index in [0.717, 1.165) is 0 Å². The molecule has 0 N–H and O–H groups in total. The lowest BCUT2D eigenvalue weighted by molar-refractivity contribution is -0.108. The molecule has 0 spiro atoms. The molecule has 0 saturated carbocycles. The van der Waals surface area contributed by atoms with Crippen molar-refractivity contribution >= 4 is 16.8 Å². The van der Waals surface area contributed by atoms with Gasteiger partial charge in [0.1, 0.15) is 0 Å². The first-order chi connectivity index (χ1) is 4.87. The summed E-state index contributed by atoms with van der Waals surface area (Å²) < 4.78 is 0. The van der Waals surface area contributed by atoms with Crippen LogP contribution >= 0.6 is 11.6 Å². The second-order valence-electron chi connectivity index (χ2n) is 3.28. The maximum atomic E-state index is 10.5. The highest BCUT2D eigenvalue weighted by Crippen LogP contribution is 2.19. The summed E-state index contributed by atoms with van der Waals surface area (Å²) in [5, 5.41) is -0.685. The van der Waals surface area contributed by atoms with Gasteiger partial charge in [0.2, 0.25) is 5.70 Å². The van der Waals surface area contributed by atoms with E-state index in [9.17, 15) is 4.79 Å². The number of carbonyl (C=O) groups excluding carboxylic acids is 1. The van der Waals surface area contributed by atoms with Gasteiger partial charge in [0.05, 0.1) is 6.57 Å². The molecule has 0 unspecified atom stereocenters. The van der Waals surface area contributed by atoms with E-state index < -0.39 is 5.24 Å². The van der Waals surface area contributed by atoms with Crippen LogP contribution in [0.3, 0.4) is 0 Å². The lowest BCUT2D eigenvalue weighted by atomic mass is 9.95. The van der Waals surface area contributed by atoms with Gasteiger partial charge in [-0.2, -0.15) is 0 Å². The Morgan fingerprint density at radius 2 is 2.00 bits per heavy atom. The van der Waals surface area contributed by atoms with Crippen molar-refractivity contribution in [2.24, 2.45) is 5.41 Å². The molecule has 0 aromatic carbocycles. The summed E-state index contributed by atoms with van der Waals surface area (Å²) in [6.45, 7) is 12.3. The number of allylic oxidation sites excluding steroid dienone is 2. The molecule has 0 aromatic heterocycles. The van der Waals surface area contributed by atoms with Gasteiger partial charge in [-0.05, 0) is 5.41 Å². The molecule has 0 bridgehead atoms. The molecule has 0 aliphatic heterocycles. The summed E-state index contributed by atoms with van der Waals surface area (Å²) in [4.78, 5) is 13.5. The van der Waals surface area contributed by atoms with E-state index >= 15 is 0 Å². The highest BCUT2D eigenvalue weighted by molar-refractivity contribution is 6.67. The van der Waals surface area contributed by atoms with Crippen molar-refractivity contribution in [3.05, 3.63) is 23.2 Å². The minimum atomic E-state index is -0.685. The molecule has 0 aromatic rings. The molecule has 0 amide bonds. The second-order valence-corrected chi connectivity index (χ2v) is 3.62. The summed E-state index contributed by atoms with van der Waals surface area (Å²) in [6, 6.07) is 0. The number of hydrogen-bond acceptors (Lipinski definition) is 1. The van der Waals surface area contributed by atoms with Crippen LogP contribution < -0.4 is 0 Å². The molecule has 11 heavy (non-hydrogen) atoms. The van der Waals surface area contributed by atoms with E-state index in [1.165, 1.54) is 0 Å². The highest BCUT2D eigenvalue weighted by Gasteiger charge is 2.12. The van der Waals surface area contributed by atoms with Gasteiger partial charge in [-0.15, -0.1) is 0 Å². The van der Waals surface area contributed by atoms with Gasteiger partial charge in [0.25, 0.3) is 5.24 Å². The van der Waals surface area contributed by atoms with E-state index in [1.807, 2.05) is 20.8 Å². The molecular weight excluding hydrogens is 162 g/mol. The predicted molar refractivity (Wildman–Crippen MR) is 45.0 cm³/mol. The number of nitrogens with zero attached hydrogens (tertiary/aromatic N) is 1. The van der Waals surface area contributed by atoms with Crippen LogP contribution in [0.4, 0.5) is 0 Å². The lowest BCUT2D eigenvalue weighted by Gasteiger charge is -2.11. The zero-order chi connectivity index (χ0) is 9.07. The summed E-state index contributed by atoms with van der Waals surface area (Å²) >= 11 is 5.13. The molecular formula is C8H10ClNO. The van der Waals surface area contributed by atoms with Crippen LogP contribution in [0, 0.1) is 12.0 Å². The Bertz CT molecular complexity index is 229. The van der Waals surface area contributed by atoms with Crippen molar-refractivity contribution in [3.63, 3.8) is 0 Å². The highest BCUT2D eigenvalue weighted by atomic mass is 35.5. The number of halogens is 1. The molecule has 0 aliphatic rings. The van der Waals surface area contributed by atoms with Gasteiger partial charge < -0.3 is 0 Å². The first-order valence-electron chi connectivity index (χ1n) is 3.17. The Balaban J connectivity index is 4.68. The van der Waals surface area contributed by atoms with Gasteiger partial charge in [0, 0.05) is 0 Å². The standard InChI is InChI=1S/C8H10ClNO/c1-8(2,3)5-6(10-4)7(9)11/h5H,1-3H3/b6-5-. The third-order valence-corrected chi connectivity index (χ3v) is 1.09. The molecule has 2 nitrogen and oxygen atoms in total. The Morgan fingerprint density at radius 3 is 2.09 bits per heavy atom. The van der Waals surface area contributed by atoms with Crippen LogP contribution in [0.1, 0.15) is 20.8 Å². The van der Waals surface area contributed by atoms with E-state index in [0.29, 0.717) is 0 Å². The molecule has 0 rings (SSSR count). The summed E-state index contributed by atoms with van der Waals surface area (Å²) in [6.07, 6.45) is 1.56. The Labute approximate surface area is 71.7 Å². The van der Waals surface area contributed by atoms with Gasteiger partial charge in [0.15, 0.2) is 0 Å². The van der Waals surface area contributed by atoms with E-state index in [-0.39, 0.29) is 11.1 Å². The molecule has 3 heteroatoms. The first-order valence-corrected chi connectivity index (χ1v) is 3.55.